The molecule has 1 aromatic heterocycles. The molecule has 0 aliphatic rings. The molecule has 1 heterocycles. The summed E-state index contributed by atoms with van der Waals surface area (Å²) in [5, 5.41) is 14.4. The highest BCUT2D eigenvalue weighted by molar-refractivity contribution is 5.98. The molecule has 0 atom stereocenters. The van der Waals surface area contributed by atoms with Gasteiger partial charge in [0, 0.05) is 24.8 Å². The zero-order valence-corrected chi connectivity index (χ0v) is 16.8. The van der Waals surface area contributed by atoms with Gasteiger partial charge < -0.3 is 20.5 Å². The van der Waals surface area contributed by atoms with Crippen LogP contribution in [0.5, 0.6) is 5.75 Å². The maximum Gasteiger partial charge on any atom is 0.335 e. The van der Waals surface area contributed by atoms with Crippen molar-refractivity contribution in [3.05, 3.63) is 94.8 Å². The number of aromatic nitrogens is 1. The molecule has 3 N–H and O–H groups in total. The van der Waals surface area contributed by atoms with Gasteiger partial charge >= 0.3 is 5.97 Å². The first kappa shape index (κ1) is 21.5. The number of carboxylic acids is 1. The molecule has 0 bridgehead atoms. The van der Waals surface area contributed by atoms with Gasteiger partial charge in [-0.3, -0.25) is 14.6 Å². The van der Waals surface area contributed by atoms with Crippen LogP contribution in [-0.4, -0.2) is 35.0 Å². The van der Waals surface area contributed by atoms with Gasteiger partial charge in [0.15, 0.2) is 0 Å². The minimum Gasteiger partial charge on any atom is -0.497 e. The Balaban J connectivity index is 1.58. The summed E-state index contributed by atoms with van der Waals surface area (Å²) in [5.41, 5.74) is 2.22. The molecule has 0 aliphatic carbocycles. The fourth-order valence-electron chi connectivity index (χ4n) is 2.80. The van der Waals surface area contributed by atoms with E-state index in [0.717, 1.165) is 11.1 Å². The van der Waals surface area contributed by atoms with Gasteiger partial charge in [0.25, 0.3) is 11.8 Å². The van der Waals surface area contributed by atoms with Crippen LogP contribution in [0.2, 0.25) is 0 Å². The van der Waals surface area contributed by atoms with Crippen molar-refractivity contribution < 1.29 is 24.2 Å². The topological polar surface area (TPSA) is 118 Å². The number of nitrogens with zero attached hydrogens (tertiary/aromatic N) is 1. The third-order valence-corrected chi connectivity index (χ3v) is 4.50. The van der Waals surface area contributed by atoms with Crippen LogP contribution >= 0.6 is 0 Å². The van der Waals surface area contributed by atoms with Crippen LogP contribution in [0, 0.1) is 0 Å². The number of nitrogens with one attached hydrogen (secondary N) is 2. The minimum absolute atomic E-state index is 0.126. The fourth-order valence-corrected chi connectivity index (χ4v) is 2.80. The number of amides is 2. The Kier molecular flexibility index (Phi) is 6.95. The highest BCUT2D eigenvalue weighted by Gasteiger charge is 2.12. The third-order valence-electron chi connectivity index (χ3n) is 4.50. The SMILES string of the molecule is COc1cccc(CNC(=O)c2cc(C(=O)NCc3ccc(C(=O)O)cc3)ccn2)c1. The number of pyridine rings is 1. The van der Waals surface area contributed by atoms with Crippen molar-refractivity contribution in [3.8, 4) is 5.75 Å². The molecule has 2 aromatic carbocycles. The molecule has 0 aliphatic heterocycles. The predicted molar refractivity (Wildman–Crippen MR) is 113 cm³/mol. The van der Waals surface area contributed by atoms with Crippen LogP contribution in [0.15, 0.2) is 66.9 Å². The van der Waals surface area contributed by atoms with Crippen LogP contribution in [0.3, 0.4) is 0 Å². The highest BCUT2D eigenvalue weighted by atomic mass is 16.5. The maximum absolute atomic E-state index is 12.4. The van der Waals surface area contributed by atoms with Crippen LogP contribution in [-0.2, 0) is 13.1 Å². The van der Waals surface area contributed by atoms with Crippen molar-refractivity contribution in [1.29, 1.82) is 0 Å². The molecule has 0 radical (unpaired) electrons. The van der Waals surface area contributed by atoms with Crippen LogP contribution < -0.4 is 15.4 Å². The Morgan fingerprint density at radius 2 is 1.58 bits per heavy atom. The van der Waals surface area contributed by atoms with Gasteiger partial charge in [0.1, 0.15) is 11.4 Å². The number of ether oxygens (including phenoxy) is 1. The van der Waals surface area contributed by atoms with Crippen molar-refractivity contribution in [1.82, 2.24) is 15.6 Å². The van der Waals surface area contributed by atoms with Gasteiger partial charge in [-0.05, 0) is 47.5 Å². The summed E-state index contributed by atoms with van der Waals surface area (Å²) >= 11 is 0. The molecule has 158 valence electrons. The number of carbonyl (C=O) groups excluding carboxylic acids is 2. The zero-order valence-electron chi connectivity index (χ0n) is 16.8. The van der Waals surface area contributed by atoms with E-state index in [4.69, 9.17) is 9.84 Å². The molecule has 31 heavy (non-hydrogen) atoms. The smallest absolute Gasteiger partial charge is 0.335 e. The van der Waals surface area contributed by atoms with Crippen LogP contribution in [0.25, 0.3) is 0 Å². The molecule has 0 unspecified atom stereocenters. The average molecular weight is 419 g/mol. The quantitative estimate of drug-likeness (QED) is 0.517. The summed E-state index contributed by atoms with van der Waals surface area (Å²) in [4.78, 5) is 39.8. The van der Waals surface area contributed by atoms with E-state index in [2.05, 4.69) is 15.6 Å². The van der Waals surface area contributed by atoms with Crippen LogP contribution in [0.4, 0.5) is 0 Å². The number of methoxy groups -OCH3 is 1. The Bertz CT molecular complexity index is 1100. The van der Waals surface area contributed by atoms with E-state index < -0.39 is 11.9 Å². The van der Waals surface area contributed by atoms with E-state index >= 15 is 0 Å². The van der Waals surface area contributed by atoms with Crippen LogP contribution in [0.1, 0.15) is 42.3 Å². The lowest BCUT2D eigenvalue weighted by atomic mass is 10.1. The number of hydrogen-bond acceptors (Lipinski definition) is 5. The second kappa shape index (κ2) is 10.0. The van der Waals surface area contributed by atoms with Crippen molar-refractivity contribution in [2.75, 3.05) is 7.11 Å². The van der Waals surface area contributed by atoms with E-state index in [1.807, 2.05) is 24.3 Å². The van der Waals surface area contributed by atoms with E-state index in [-0.39, 0.29) is 23.7 Å². The second-order valence-electron chi connectivity index (χ2n) is 6.65. The Hall–Kier alpha value is -4.20. The van der Waals surface area contributed by atoms with E-state index in [1.165, 1.54) is 30.5 Å². The lowest BCUT2D eigenvalue weighted by Crippen LogP contribution is -2.26. The largest absolute Gasteiger partial charge is 0.497 e. The minimum atomic E-state index is -1.01. The van der Waals surface area contributed by atoms with Gasteiger partial charge in [0.05, 0.1) is 12.7 Å². The van der Waals surface area contributed by atoms with Crippen molar-refractivity contribution in [3.63, 3.8) is 0 Å². The molecule has 0 spiro atoms. The molecule has 3 aromatic rings. The number of rotatable bonds is 8. The molecule has 8 heteroatoms. The normalized spacial score (nSPS) is 10.2. The van der Waals surface area contributed by atoms with Crippen molar-refractivity contribution in [2.45, 2.75) is 13.1 Å². The fraction of sp³-hybridized carbons (Fsp3) is 0.130. The first-order valence-electron chi connectivity index (χ1n) is 9.44. The van der Waals surface area contributed by atoms with Gasteiger partial charge in [-0.1, -0.05) is 24.3 Å². The number of carboxylic acid groups (broad SMARTS) is 1. The number of benzene rings is 2. The van der Waals surface area contributed by atoms with E-state index in [9.17, 15) is 14.4 Å². The van der Waals surface area contributed by atoms with Gasteiger partial charge in [-0.2, -0.15) is 0 Å². The Morgan fingerprint density at radius 3 is 2.29 bits per heavy atom. The van der Waals surface area contributed by atoms with Gasteiger partial charge in [-0.25, -0.2) is 4.79 Å². The predicted octanol–water partition coefficient (Wildman–Crippen LogP) is 2.65. The molecule has 0 fully saturated rings. The molecular formula is C23H21N3O5. The zero-order chi connectivity index (χ0) is 22.2. The summed E-state index contributed by atoms with van der Waals surface area (Å²) in [5.74, 6) is -1.08. The second-order valence-corrected chi connectivity index (χ2v) is 6.65. The van der Waals surface area contributed by atoms with Gasteiger partial charge in [-0.15, -0.1) is 0 Å². The lowest BCUT2D eigenvalue weighted by molar-refractivity contribution is 0.0696. The molecule has 3 rings (SSSR count). The highest BCUT2D eigenvalue weighted by Crippen LogP contribution is 2.12. The lowest BCUT2D eigenvalue weighted by Gasteiger charge is -2.08. The van der Waals surface area contributed by atoms with E-state index in [1.54, 1.807) is 19.2 Å². The molecule has 0 saturated carbocycles. The Morgan fingerprint density at radius 1 is 0.871 bits per heavy atom. The monoisotopic (exact) mass is 419 g/mol. The molecule has 2 amide bonds. The third kappa shape index (κ3) is 5.89. The number of aromatic carboxylic acids is 1. The number of hydrogen-bond donors (Lipinski definition) is 3. The summed E-state index contributed by atoms with van der Waals surface area (Å²) in [6.45, 7) is 0.513. The Labute approximate surface area is 178 Å². The maximum atomic E-state index is 12.4. The summed E-state index contributed by atoms with van der Waals surface area (Å²) in [7, 11) is 1.57. The van der Waals surface area contributed by atoms with E-state index in [0.29, 0.717) is 17.9 Å². The standard InChI is InChI=1S/C23H21N3O5/c1-31-19-4-2-3-16(11-19)14-26-22(28)20-12-18(9-10-24-20)21(27)25-13-15-5-7-17(8-6-15)23(29)30/h2-12H,13-14H2,1H3,(H,25,27)(H,26,28)(H,29,30). The molecular weight excluding hydrogens is 398 g/mol. The first-order chi connectivity index (χ1) is 15.0. The molecule has 0 saturated heterocycles. The summed E-state index contributed by atoms with van der Waals surface area (Å²) in [6, 6.07) is 16.5. The average Bonchev–Trinajstić information content (AvgIpc) is 2.81. The summed E-state index contributed by atoms with van der Waals surface area (Å²) in [6.07, 6.45) is 1.40. The van der Waals surface area contributed by atoms with Crippen molar-refractivity contribution >= 4 is 17.8 Å². The number of carbonyl (C=O) groups is 3. The molecule has 8 nitrogen and oxygen atoms in total. The van der Waals surface area contributed by atoms with Gasteiger partial charge in [0.2, 0.25) is 0 Å². The first-order valence-corrected chi connectivity index (χ1v) is 9.44. The van der Waals surface area contributed by atoms with Crippen molar-refractivity contribution in [2.24, 2.45) is 0 Å². The summed E-state index contributed by atoms with van der Waals surface area (Å²) < 4.78 is 5.16.